The van der Waals surface area contributed by atoms with E-state index in [0.717, 1.165) is 16.1 Å². The maximum atomic E-state index is 13.3. The number of nitrogens with zero attached hydrogens (tertiary/aromatic N) is 1. The summed E-state index contributed by atoms with van der Waals surface area (Å²) < 4.78 is 18.4. The van der Waals surface area contributed by atoms with Gasteiger partial charge in [0.15, 0.2) is 6.61 Å². The van der Waals surface area contributed by atoms with Crippen molar-refractivity contribution in [3.05, 3.63) is 87.9 Å². The van der Waals surface area contributed by atoms with E-state index in [0.29, 0.717) is 5.56 Å². The molecule has 0 unspecified atom stereocenters. The van der Waals surface area contributed by atoms with Gasteiger partial charge in [-0.05, 0) is 53.4 Å². The Hall–Kier alpha value is -3.19. The minimum atomic E-state index is -0.570. The molecular weight excluding hydrogens is 391 g/mol. The Kier molecular flexibility index (Phi) is 6.61. The molecule has 2 aromatic carbocycles. The number of halogens is 1. The van der Waals surface area contributed by atoms with Crippen molar-refractivity contribution in [2.75, 3.05) is 25.6 Å². The molecule has 0 saturated carbocycles. The lowest BCUT2D eigenvalue weighted by Gasteiger charge is -2.18. The van der Waals surface area contributed by atoms with Crippen molar-refractivity contribution in [3.8, 4) is 0 Å². The van der Waals surface area contributed by atoms with Crippen molar-refractivity contribution in [2.24, 2.45) is 0 Å². The third kappa shape index (κ3) is 5.42. The van der Waals surface area contributed by atoms with E-state index in [1.807, 2.05) is 36.5 Å². The topological polar surface area (TPSA) is 58.6 Å². The summed E-state index contributed by atoms with van der Waals surface area (Å²) in [7, 11) is 3.81. The van der Waals surface area contributed by atoms with Gasteiger partial charge in [0.2, 0.25) is 0 Å². The lowest BCUT2D eigenvalue weighted by molar-refractivity contribution is -0.124. The normalized spacial score (nSPS) is 11.6. The van der Waals surface area contributed by atoms with E-state index < -0.39 is 24.5 Å². The van der Waals surface area contributed by atoms with Crippen LogP contribution >= 0.6 is 11.3 Å². The zero-order chi connectivity index (χ0) is 20.8. The molecule has 1 aromatic heterocycles. The van der Waals surface area contributed by atoms with Gasteiger partial charge in [-0.15, -0.1) is 11.3 Å². The Bertz CT molecular complexity index is 955. The molecule has 0 saturated heterocycles. The summed E-state index contributed by atoms with van der Waals surface area (Å²) in [6.07, 6.45) is 0. The number of amides is 1. The van der Waals surface area contributed by atoms with Gasteiger partial charge in [-0.1, -0.05) is 18.2 Å². The summed E-state index contributed by atoms with van der Waals surface area (Å²) in [6.45, 7) is -0.405. The second-order valence-corrected chi connectivity index (χ2v) is 7.56. The van der Waals surface area contributed by atoms with Gasteiger partial charge in [0.05, 0.1) is 11.6 Å². The van der Waals surface area contributed by atoms with Gasteiger partial charge in [-0.25, -0.2) is 9.18 Å². The average Bonchev–Trinajstić information content (AvgIpc) is 3.25. The maximum absolute atomic E-state index is 13.3. The van der Waals surface area contributed by atoms with Crippen LogP contribution < -0.4 is 10.2 Å². The first-order valence-electron chi connectivity index (χ1n) is 8.97. The Morgan fingerprint density at radius 2 is 1.76 bits per heavy atom. The van der Waals surface area contributed by atoms with Crippen LogP contribution in [0.2, 0.25) is 0 Å². The van der Waals surface area contributed by atoms with Crippen LogP contribution in [0.25, 0.3) is 0 Å². The van der Waals surface area contributed by atoms with Crippen LogP contribution in [0.5, 0.6) is 0 Å². The molecule has 0 aliphatic carbocycles. The highest BCUT2D eigenvalue weighted by Gasteiger charge is 2.19. The fourth-order valence-corrected chi connectivity index (χ4v) is 3.54. The lowest BCUT2D eigenvalue weighted by atomic mass is 10.1. The first kappa shape index (κ1) is 20.5. The molecule has 0 radical (unpaired) electrons. The minimum Gasteiger partial charge on any atom is -0.452 e. The number of rotatable bonds is 7. The molecule has 29 heavy (non-hydrogen) atoms. The summed E-state index contributed by atoms with van der Waals surface area (Å²) in [5, 5.41) is 4.75. The predicted octanol–water partition coefficient (Wildman–Crippen LogP) is 4.02. The zero-order valence-corrected chi connectivity index (χ0v) is 16.9. The molecule has 0 aliphatic rings. The number of benzene rings is 2. The summed E-state index contributed by atoms with van der Waals surface area (Å²) in [4.78, 5) is 27.4. The second-order valence-electron chi connectivity index (χ2n) is 6.58. The SMILES string of the molecule is CN(C)c1ccc(C(=O)OCC(=O)N[C@H](c2ccc(F)cc2)c2cccs2)cc1. The van der Waals surface area contributed by atoms with Gasteiger partial charge in [0.1, 0.15) is 5.82 Å². The van der Waals surface area contributed by atoms with E-state index in [1.165, 1.54) is 23.5 Å². The van der Waals surface area contributed by atoms with Gasteiger partial charge in [-0.2, -0.15) is 0 Å². The Labute approximate surface area is 172 Å². The maximum Gasteiger partial charge on any atom is 0.338 e. The van der Waals surface area contributed by atoms with Crippen molar-refractivity contribution >= 4 is 28.9 Å². The van der Waals surface area contributed by atoms with Crippen LogP contribution in [-0.2, 0) is 9.53 Å². The molecule has 0 bridgehead atoms. The Balaban J connectivity index is 1.63. The van der Waals surface area contributed by atoms with Crippen LogP contribution in [0, 0.1) is 5.82 Å². The first-order valence-corrected chi connectivity index (χ1v) is 9.85. The van der Waals surface area contributed by atoms with Gasteiger partial charge in [0.25, 0.3) is 5.91 Å². The van der Waals surface area contributed by atoms with Crippen LogP contribution in [0.4, 0.5) is 10.1 Å². The third-order valence-electron chi connectivity index (χ3n) is 4.29. The van der Waals surface area contributed by atoms with E-state index in [1.54, 1.807) is 36.4 Å². The molecule has 3 rings (SSSR count). The number of esters is 1. The Morgan fingerprint density at radius 1 is 1.07 bits per heavy atom. The molecule has 1 heterocycles. The van der Waals surface area contributed by atoms with Gasteiger partial charge >= 0.3 is 5.97 Å². The molecule has 5 nitrogen and oxygen atoms in total. The number of hydrogen-bond donors (Lipinski definition) is 1. The number of carbonyl (C=O) groups excluding carboxylic acids is 2. The first-order chi connectivity index (χ1) is 13.9. The fourth-order valence-electron chi connectivity index (χ4n) is 2.74. The standard InChI is InChI=1S/C22H21FN2O3S/c1-25(2)18-11-7-16(8-12-18)22(27)28-14-20(26)24-21(19-4-3-13-29-19)15-5-9-17(23)10-6-15/h3-13,21H,14H2,1-2H3,(H,24,26)/t21-/m1/s1. The largest absolute Gasteiger partial charge is 0.452 e. The van der Waals surface area contributed by atoms with Gasteiger partial charge in [0, 0.05) is 24.7 Å². The van der Waals surface area contributed by atoms with Crippen LogP contribution in [0.1, 0.15) is 26.8 Å². The smallest absolute Gasteiger partial charge is 0.338 e. The molecular formula is C22H21FN2O3S. The van der Waals surface area contributed by atoms with Crippen LogP contribution in [0.15, 0.2) is 66.0 Å². The van der Waals surface area contributed by atoms with Crippen molar-refractivity contribution in [1.29, 1.82) is 0 Å². The van der Waals surface area contributed by atoms with E-state index in [9.17, 15) is 14.0 Å². The minimum absolute atomic E-state index is 0.348. The molecule has 3 aromatic rings. The second kappa shape index (κ2) is 9.34. The highest BCUT2D eigenvalue weighted by atomic mass is 32.1. The van der Waals surface area contributed by atoms with E-state index in [-0.39, 0.29) is 5.82 Å². The van der Waals surface area contributed by atoms with Crippen LogP contribution in [-0.4, -0.2) is 32.6 Å². The van der Waals surface area contributed by atoms with Crippen molar-refractivity contribution in [3.63, 3.8) is 0 Å². The van der Waals surface area contributed by atoms with Crippen LogP contribution in [0.3, 0.4) is 0 Å². The zero-order valence-electron chi connectivity index (χ0n) is 16.1. The summed E-state index contributed by atoms with van der Waals surface area (Å²) in [5.74, 6) is -1.36. The number of carbonyl (C=O) groups is 2. The van der Waals surface area contributed by atoms with E-state index in [2.05, 4.69) is 5.32 Å². The molecule has 1 N–H and O–H groups in total. The van der Waals surface area contributed by atoms with E-state index in [4.69, 9.17) is 4.74 Å². The van der Waals surface area contributed by atoms with Crippen molar-refractivity contribution < 1.29 is 18.7 Å². The number of thiophene rings is 1. The number of ether oxygens (including phenoxy) is 1. The molecule has 1 amide bonds. The fraction of sp³-hybridized carbons (Fsp3) is 0.182. The summed E-state index contributed by atoms with van der Waals surface area (Å²) in [6, 6.07) is 16.2. The monoisotopic (exact) mass is 412 g/mol. The average molecular weight is 412 g/mol. The summed E-state index contributed by atoms with van der Waals surface area (Å²) in [5.41, 5.74) is 2.07. The molecule has 0 aliphatic heterocycles. The van der Waals surface area contributed by atoms with Crippen molar-refractivity contribution in [1.82, 2.24) is 5.32 Å². The highest BCUT2D eigenvalue weighted by Crippen LogP contribution is 2.26. The van der Waals surface area contributed by atoms with Gasteiger partial charge < -0.3 is 15.0 Å². The highest BCUT2D eigenvalue weighted by molar-refractivity contribution is 7.10. The molecule has 150 valence electrons. The lowest BCUT2D eigenvalue weighted by Crippen LogP contribution is -2.32. The molecule has 0 fully saturated rings. The molecule has 7 heteroatoms. The predicted molar refractivity (Wildman–Crippen MR) is 112 cm³/mol. The molecule has 0 spiro atoms. The van der Waals surface area contributed by atoms with E-state index >= 15 is 0 Å². The van der Waals surface area contributed by atoms with Crippen molar-refractivity contribution in [2.45, 2.75) is 6.04 Å². The quantitative estimate of drug-likeness (QED) is 0.596. The Morgan fingerprint density at radius 3 is 2.34 bits per heavy atom. The third-order valence-corrected chi connectivity index (χ3v) is 5.23. The number of anilines is 1. The summed E-state index contributed by atoms with van der Waals surface area (Å²) >= 11 is 1.48. The molecule has 1 atom stereocenters. The van der Waals surface area contributed by atoms with Gasteiger partial charge in [-0.3, -0.25) is 4.79 Å². The number of nitrogens with one attached hydrogen (secondary N) is 1. The number of hydrogen-bond acceptors (Lipinski definition) is 5.